The van der Waals surface area contributed by atoms with Crippen LogP contribution in [0.4, 0.5) is 4.79 Å². The highest BCUT2D eigenvalue weighted by atomic mass is 16.5. The third-order valence-corrected chi connectivity index (χ3v) is 6.91. The molecule has 2 aromatic rings. The van der Waals surface area contributed by atoms with Crippen LogP contribution in [0, 0.1) is 0 Å². The molecule has 160 valence electrons. The summed E-state index contributed by atoms with van der Waals surface area (Å²) in [6, 6.07) is 16.2. The Morgan fingerprint density at radius 2 is 1.55 bits per heavy atom. The number of benzene rings is 2. The Morgan fingerprint density at radius 3 is 2.03 bits per heavy atom. The number of nitrogens with one attached hydrogen (secondary N) is 1. The van der Waals surface area contributed by atoms with Gasteiger partial charge in [-0.25, -0.2) is 9.59 Å². The van der Waals surface area contributed by atoms with E-state index >= 15 is 0 Å². The summed E-state index contributed by atoms with van der Waals surface area (Å²) < 4.78 is 5.56. The number of rotatable bonds is 6. The van der Waals surface area contributed by atoms with Crippen LogP contribution in [0.3, 0.4) is 0 Å². The lowest BCUT2D eigenvalue weighted by atomic mass is 9.98. The molecule has 0 radical (unpaired) electrons. The second kappa shape index (κ2) is 6.83. The van der Waals surface area contributed by atoms with Gasteiger partial charge in [0.15, 0.2) is 0 Å². The lowest BCUT2D eigenvalue weighted by Gasteiger charge is -2.29. The summed E-state index contributed by atoms with van der Waals surface area (Å²) in [6.07, 6.45) is 1.19. The molecule has 0 aromatic heterocycles. The molecular weight excluding hydrogens is 396 g/mol. The number of likely N-dealkylation sites (N-methyl/N-ethyl adjacent to an activating group) is 1. The minimum absolute atomic E-state index is 0.0616. The van der Waals surface area contributed by atoms with E-state index in [4.69, 9.17) is 4.74 Å². The molecule has 31 heavy (non-hydrogen) atoms. The van der Waals surface area contributed by atoms with Gasteiger partial charge < -0.3 is 20.1 Å². The van der Waals surface area contributed by atoms with E-state index in [9.17, 15) is 19.5 Å². The Hall–Kier alpha value is -3.35. The van der Waals surface area contributed by atoms with Crippen LogP contribution >= 0.6 is 0 Å². The fourth-order valence-electron chi connectivity index (χ4n) is 4.67. The molecular formula is C24H24N2O5. The number of amides is 2. The van der Waals surface area contributed by atoms with Crippen molar-refractivity contribution in [3.63, 3.8) is 0 Å². The van der Waals surface area contributed by atoms with Crippen molar-refractivity contribution in [3.8, 4) is 11.1 Å². The Bertz CT molecular complexity index is 1040. The Kier molecular flexibility index (Phi) is 4.32. The van der Waals surface area contributed by atoms with Crippen molar-refractivity contribution in [2.24, 2.45) is 0 Å². The van der Waals surface area contributed by atoms with Crippen LogP contribution in [-0.2, 0) is 14.3 Å². The summed E-state index contributed by atoms with van der Waals surface area (Å²) in [6.45, 7) is 0.166. The van der Waals surface area contributed by atoms with Crippen molar-refractivity contribution in [2.75, 3.05) is 13.7 Å². The highest BCUT2D eigenvalue weighted by molar-refractivity contribution is 5.97. The van der Waals surface area contributed by atoms with Crippen molar-refractivity contribution >= 4 is 18.0 Å². The van der Waals surface area contributed by atoms with Crippen molar-refractivity contribution in [1.29, 1.82) is 0 Å². The minimum Gasteiger partial charge on any atom is -0.479 e. The van der Waals surface area contributed by atoms with Crippen LogP contribution in [0.5, 0.6) is 0 Å². The number of carboxylic acids is 1. The van der Waals surface area contributed by atoms with Crippen LogP contribution in [0.25, 0.3) is 11.1 Å². The third kappa shape index (κ3) is 3.07. The topological polar surface area (TPSA) is 95.9 Å². The Balaban J connectivity index is 1.26. The van der Waals surface area contributed by atoms with Crippen molar-refractivity contribution in [1.82, 2.24) is 10.2 Å². The number of hydrogen-bond donors (Lipinski definition) is 2. The molecule has 5 rings (SSSR count). The predicted octanol–water partition coefficient (Wildman–Crippen LogP) is 3.13. The normalized spacial score (nSPS) is 19.0. The van der Waals surface area contributed by atoms with Crippen molar-refractivity contribution in [3.05, 3.63) is 59.7 Å². The highest BCUT2D eigenvalue weighted by Crippen LogP contribution is 2.46. The summed E-state index contributed by atoms with van der Waals surface area (Å²) in [7, 11) is 1.50. The Morgan fingerprint density at radius 1 is 1.00 bits per heavy atom. The molecule has 0 spiro atoms. The Labute approximate surface area is 180 Å². The summed E-state index contributed by atoms with van der Waals surface area (Å²) in [4.78, 5) is 38.3. The van der Waals surface area contributed by atoms with E-state index in [1.165, 1.54) is 11.9 Å². The average molecular weight is 420 g/mol. The first-order valence-corrected chi connectivity index (χ1v) is 10.5. The van der Waals surface area contributed by atoms with Crippen molar-refractivity contribution < 1.29 is 24.2 Å². The number of fused-ring (bicyclic) bond motifs is 3. The number of carbonyl (C=O) groups excluding carboxylic acids is 2. The van der Waals surface area contributed by atoms with Crippen molar-refractivity contribution in [2.45, 2.75) is 42.7 Å². The zero-order chi connectivity index (χ0) is 21.8. The number of alkyl carbamates (subject to hydrolysis) is 1. The molecule has 0 unspecified atom stereocenters. The second-order valence-electron chi connectivity index (χ2n) is 8.73. The van der Waals surface area contributed by atoms with E-state index in [0.29, 0.717) is 25.7 Å². The first-order chi connectivity index (χ1) is 14.9. The van der Waals surface area contributed by atoms with E-state index in [1.54, 1.807) is 0 Å². The number of nitrogens with zero attached hydrogens (tertiary/aromatic N) is 1. The van der Waals surface area contributed by atoms with Gasteiger partial charge in [-0.1, -0.05) is 48.5 Å². The SMILES string of the molecule is CN(C(=O)C1(NC(=O)OCC2c3ccccc3-c3ccccc32)CC1)C1(C(=O)O)CC1. The summed E-state index contributed by atoms with van der Waals surface area (Å²) >= 11 is 0. The van der Waals surface area contributed by atoms with Gasteiger partial charge in [0.1, 0.15) is 17.7 Å². The van der Waals surface area contributed by atoms with Crippen LogP contribution in [-0.4, -0.2) is 52.7 Å². The van der Waals surface area contributed by atoms with Gasteiger partial charge in [-0.3, -0.25) is 4.79 Å². The lowest BCUT2D eigenvalue weighted by Crippen LogP contribution is -2.55. The fourth-order valence-corrected chi connectivity index (χ4v) is 4.67. The number of ether oxygens (including phenoxy) is 1. The van der Waals surface area contributed by atoms with E-state index in [0.717, 1.165) is 22.3 Å². The van der Waals surface area contributed by atoms with E-state index in [2.05, 4.69) is 17.4 Å². The van der Waals surface area contributed by atoms with Gasteiger partial charge in [-0.2, -0.15) is 0 Å². The maximum Gasteiger partial charge on any atom is 0.408 e. The molecule has 3 aliphatic rings. The van der Waals surface area contributed by atoms with Gasteiger partial charge in [-0.05, 0) is 47.9 Å². The molecule has 2 amide bonds. The number of hydrogen-bond acceptors (Lipinski definition) is 4. The van der Waals surface area contributed by atoms with Gasteiger partial charge >= 0.3 is 12.1 Å². The van der Waals surface area contributed by atoms with Crippen LogP contribution in [0.1, 0.15) is 42.7 Å². The molecule has 2 saturated carbocycles. The molecule has 0 atom stereocenters. The maximum atomic E-state index is 12.9. The molecule has 7 nitrogen and oxygen atoms in total. The average Bonchev–Trinajstić information content (AvgIpc) is 3.69. The molecule has 2 N–H and O–H groups in total. The maximum absolute atomic E-state index is 12.9. The van der Waals surface area contributed by atoms with E-state index < -0.39 is 23.1 Å². The van der Waals surface area contributed by atoms with E-state index in [-0.39, 0.29) is 18.4 Å². The predicted molar refractivity (Wildman–Crippen MR) is 113 cm³/mol. The lowest BCUT2D eigenvalue weighted by molar-refractivity contribution is -0.152. The first kappa shape index (κ1) is 19.6. The van der Waals surface area contributed by atoms with Gasteiger partial charge in [0.25, 0.3) is 0 Å². The molecule has 3 aliphatic carbocycles. The summed E-state index contributed by atoms with van der Waals surface area (Å²) in [5.41, 5.74) is 2.34. The van der Waals surface area contributed by atoms with Gasteiger partial charge in [-0.15, -0.1) is 0 Å². The van der Waals surface area contributed by atoms with Gasteiger partial charge in [0.05, 0.1) is 0 Å². The summed E-state index contributed by atoms with van der Waals surface area (Å²) in [5.74, 6) is -1.42. The number of aliphatic carboxylic acids is 1. The standard InChI is InChI=1S/C24H24N2O5/c1-26(24(12-13-24)21(28)29)20(27)23(10-11-23)25-22(30)31-14-19-17-8-4-2-6-15(17)16-7-3-5-9-18(16)19/h2-9,19H,10-14H2,1H3,(H,25,30)(H,28,29). The number of carbonyl (C=O) groups is 3. The first-order valence-electron chi connectivity index (χ1n) is 10.5. The monoisotopic (exact) mass is 420 g/mol. The highest BCUT2D eigenvalue weighted by Gasteiger charge is 2.61. The molecule has 0 saturated heterocycles. The minimum atomic E-state index is -1.13. The molecule has 0 bridgehead atoms. The van der Waals surface area contributed by atoms with Crippen LogP contribution in [0.15, 0.2) is 48.5 Å². The second-order valence-corrected chi connectivity index (χ2v) is 8.73. The smallest absolute Gasteiger partial charge is 0.408 e. The van der Waals surface area contributed by atoms with E-state index in [1.807, 2.05) is 36.4 Å². The molecule has 0 aliphatic heterocycles. The zero-order valence-corrected chi connectivity index (χ0v) is 17.3. The van der Waals surface area contributed by atoms with Gasteiger partial charge in [0.2, 0.25) is 5.91 Å². The molecule has 2 aromatic carbocycles. The molecule has 0 heterocycles. The van der Waals surface area contributed by atoms with Crippen LogP contribution in [0.2, 0.25) is 0 Å². The van der Waals surface area contributed by atoms with Crippen LogP contribution < -0.4 is 5.32 Å². The summed E-state index contributed by atoms with van der Waals surface area (Å²) in [5, 5.41) is 12.2. The molecule has 2 fully saturated rings. The molecule has 7 heteroatoms. The number of carboxylic acid groups (broad SMARTS) is 1. The largest absolute Gasteiger partial charge is 0.479 e. The van der Waals surface area contributed by atoms with Gasteiger partial charge in [0, 0.05) is 13.0 Å². The fraction of sp³-hybridized carbons (Fsp3) is 0.375. The zero-order valence-electron chi connectivity index (χ0n) is 17.3. The quantitative estimate of drug-likeness (QED) is 0.749. The third-order valence-electron chi connectivity index (χ3n) is 6.91.